The third kappa shape index (κ3) is 4.27. The van der Waals surface area contributed by atoms with Crippen molar-refractivity contribution in [3.05, 3.63) is 52.5 Å². The molecule has 0 aliphatic carbocycles. The van der Waals surface area contributed by atoms with E-state index in [1.807, 2.05) is 20.8 Å². The van der Waals surface area contributed by atoms with E-state index in [2.05, 4.69) is 46.1 Å². The predicted octanol–water partition coefficient (Wildman–Crippen LogP) is 2.60. The van der Waals surface area contributed by atoms with Crippen molar-refractivity contribution in [3.8, 4) is 0 Å². The van der Waals surface area contributed by atoms with Crippen molar-refractivity contribution in [1.29, 1.82) is 0 Å². The summed E-state index contributed by atoms with van der Waals surface area (Å²) in [6.45, 7) is 10.8. The highest BCUT2D eigenvalue weighted by Gasteiger charge is 2.26. The molecule has 1 atom stereocenters. The van der Waals surface area contributed by atoms with E-state index in [4.69, 9.17) is 5.73 Å². The summed E-state index contributed by atoms with van der Waals surface area (Å²) >= 11 is 0. The third-order valence-corrected chi connectivity index (χ3v) is 5.24. The summed E-state index contributed by atoms with van der Waals surface area (Å²) in [6, 6.07) is 8.41. The Morgan fingerprint density at radius 3 is 2.52 bits per heavy atom. The largest absolute Gasteiger partial charge is 0.355 e. The Morgan fingerprint density at radius 1 is 1.22 bits per heavy atom. The molecule has 2 aromatic rings. The number of hydrogen-bond acceptors (Lipinski definition) is 5. The average molecular weight is 367 g/mol. The van der Waals surface area contributed by atoms with Gasteiger partial charge in [-0.05, 0) is 39.7 Å². The number of amides is 1. The second-order valence-electron chi connectivity index (χ2n) is 7.38. The smallest absolute Gasteiger partial charge is 0.292 e. The standard InChI is InChI=1S/C21H29N5O/c1-5-25(12-17-8-6-14(2)7-9-17)21(27)19-23-16(4)15(3)20(24-19)26-11-10-18(22)13-26/h6-9,18H,5,10-13,22H2,1-4H3/t18-/m1/s1. The van der Waals surface area contributed by atoms with Crippen LogP contribution in [0.1, 0.15) is 46.3 Å². The summed E-state index contributed by atoms with van der Waals surface area (Å²) in [4.78, 5) is 26.2. The summed E-state index contributed by atoms with van der Waals surface area (Å²) in [5, 5.41) is 0. The van der Waals surface area contributed by atoms with Crippen LogP contribution in [-0.4, -0.2) is 46.5 Å². The lowest BCUT2D eigenvalue weighted by atomic mass is 10.1. The Morgan fingerprint density at radius 2 is 1.93 bits per heavy atom. The zero-order valence-corrected chi connectivity index (χ0v) is 16.7. The minimum Gasteiger partial charge on any atom is -0.355 e. The molecular weight excluding hydrogens is 338 g/mol. The Labute approximate surface area is 161 Å². The second-order valence-corrected chi connectivity index (χ2v) is 7.38. The van der Waals surface area contributed by atoms with E-state index in [9.17, 15) is 4.79 Å². The molecule has 0 unspecified atom stereocenters. The van der Waals surface area contributed by atoms with Gasteiger partial charge < -0.3 is 15.5 Å². The highest BCUT2D eigenvalue weighted by atomic mass is 16.2. The van der Waals surface area contributed by atoms with Gasteiger partial charge in [0.1, 0.15) is 5.82 Å². The summed E-state index contributed by atoms with van der Waals surface area (Å²) in [5.41, 5.74) is 10.2. The Balaban J connectivity index is 1.86. The number of aromatic nitrogens is 2. The van der Waals surface area contributed by atoms with Gasteiger partial charge in [-0.1, -0.05) is 29.8 Å². The minimum absolute atomic E-state index is 0.133. The monoisotopic (exact) mass is 367 g/mol. The fourth-order valence-corrected chi connectivity index (χ4v) is 3.38. The molecule has 3 rings (SSSR count). The maximum Gasteiger partial charge on any atom is 0.292 e. The van der Waals surface area contributed by atoms with E-state index in [1.165, 1.54) is 5.56 Å². The van der Waals surface area contributed by atoms with Gasteiger partial charge >= 0.3 is 0 Å². The van der Waals surface area contributed by atoms with E-state index in [0.29, 0.717) is 13.1 Å². The van der Waals surface area contributed by atoms with Crippen LogP contribution in [-0.2, 0) is 6.54 Å². The van der Waals surface area contributed by atoms with Crippen molar-refractivity contribution in [2.24, 2.45) is 5.73 Å². The first kappa shape index (κ1) is 19.3. The lowest BCUT2D eigenvalue weighted by Gasteiger charge is -2.23. The Bertz CT molecular complexity index is 818. The van der Waals surface area contributed by atoms with Crippen molar-refractivity contribution in [1.82, 2.24) is 14.9 Å². The van der Waals surface area contributed by atoms with Crippen LogP contribution in [0, 0.1) is 20.8 Å². The lowest BCUT2D eigenvalue weighted by molar-refractivity contribution is 0.0740. The summed E-state index contributed by atoms with van der Waals surface area (Å²) in [7, 11) is 0. The fourth-order valence-electron chi connectivity index (χ4n) is 3.38. The van der Waals surface area contributed by atoms with Crippen molar-refractivity contribution in [3.63, 3.8) is 0 Å². The molecule has 1 aromatic heterocycles. The summed E-state index contributed by atoms with van der Waals surface area (Å²) in [6.07, 6.45) is 0.945. The van der Waals surface area contributed by atoms with Crippen LogP contribution < -0.4 is 10.6 Å². The molecule has 1 aliphatic heterocycles. The SMILES string of the molecule is CCN(Cc1ccc(C)cc1)C(=O)c1nc(C)c(C)c(N2CC[C@@H](N)C2)n1. The molecule has 0 saturated carbocycles. The number of rotatable bonds is 5. The van der Waals surface area contributed by atoms with E-state index < -0.39 is 0 Å². The molecule has 0 spiro atoms. The van der Waals surface area contributed by atoms with Gasteiger partial charge in [-0.2, -0.15) is 0 Å². The minimum atomic E-state index is -0.133. The highest BCUT2D eigenvalue weighted by Crippen LogP contribution is 2.24. The second kappa shape index (κ2) is 8.05. The molecule has 2 heterocycles. The molecule has 1 aliphatic rings. The van der Waals surface area contributed by atoms with Gasteiger partial charge in [0.25, 0.3) is 5.91 Å². The number of carbonyl (C=O) groups excluding carboxylic acids is 1. The number of aryl methyl sites for hydroxylation is 2. The maximum absolute atomic E-state index is 13.1. The molecule has 144 valence electrons. The van der Waals surface area contributed by atoms with Crippen LogP contribution in [0.5, 0.6) is 0 Å². The van der Waals surface area contributed by atoms with E-state index >= 15 is 0 Å². The topological polar surface area (TPSA) is 75.4 Å². The van der Waals surface area contributed by atoms with Crippen LogP contribution in [0.2, 0.25) is 0 Å². The summed E-state index contributed by atoms with van der Waals surface area (Å²) in [5.74, 6) is 0.971. The predicted molar refractivity (Wildman–Crippen MR) is 108 cm³/mol. The lowest BCUT2D eigenvalue weighted by Crippen LogP contribution is -2.33. The Hall–Kier alpha value is -2.47. The summed E-state index contributed by atoms with van der Waals surface area (Å²) < 4.78 is 0. The van der Waals surface area contributed by atoms with E-state index in [-0.39, 0.29) is 17.8 Å². The molecular formula is C21H29N5O. The average Bonchev–Trinajstić information content (AvgIpc) is 3.09. The van der Waals surface area contributed by atoms with Gasteiger partial charge in [-0.3, -0.25) is 4.79 Å². The van der Waals surface area contributed by atoms with Crippen LogP contribution in [0.4, 0.5) is 5.82 Å². The van der Waals surface area contributed by atoms with Gasteiger partial charge in [0, 0.05) is 43.5 Å². The zero-order valence-electron chi connectivity index (χ0n) is 16.7. The molecule has 0 radical (unpaired) electrons. The number of nitrogens with zero attached hydrogens (tertiary/aromatic N) is 4. The molecule has 27 heavy (non-hydrogen) atoms. The number of anilines is 1. The highest BCUT2D eigenvalue weighted by molar-refractivity contribution is 5.91. The van der Waals surface area contributed by atoms with Crippen LogP contribution in [0.25, 0.3) is 0 Å². The number of carbonyl (C=O) groups is 1. The molecule has 1 amide bonds. The number of hydrogen-bond donors (Lipinski definition) is 1. The molecule has 2 N–H and O–H groups in total. The number of benzene rings is 1. The van der Waals surface area contributed by atoms with Crippen molar-refractivity contribution >= 4 is 11.7 Å². The molecule has 1 saturated heterocycles. The molecule has 1 fully saturated rings. The zero-order chi connectivity index (χ0) is 19.6. The molecule has 0 bridgehead atoms. The van der Waals surface area contributed by atoms with Crippen molar-refractivity contribution < 1.29 is 4.79 Å². The first-order chi connectivity index (χ1) is 12.9. The van der Waals surface area contributed by atoms with Crippen molar-refractivity contribution in [2.45, 2.75) is 46.7 Å². The van der Waals surface area contributed by atoms with Gasteiger partial charge in [0.2, 0.25) is 5.82 Å². The quantitative estimate of drug-likeness (QED) is 0.879. The van der Waals surface area contributed by atoms with Gasteiger partial charge in [0.05, 0.1) is 0 Å². The number of nitrogens with two attached hydrogens (primary N) is 1. The van der Waals surface area contributed by atoms with Crippen LogP contribution in [0.3, 0.4) is 0 Å². The van der Waals surface area contributed by atoms with Gasteiger partial charge in [0.15, 0.2) is 0 Å². The Kier molecular flexibility index (Phi) is 5.75. The fraction of sp³-hybridized carbons (Fsp3) is 0.476. The van der Waals surface area contributed by atoms with Crippen LogP contribution >= 0.6 is 0 Å². The molecule has 6 nitrogen and oxygen atoms in total. The van der Waals surface area contributed by atoms with E-state index in [0.717, 1.165) is 42.1 Å². The van der Waals surface area contributed by atoms with E-state index in [1.54, 1.807) is 4.90 Å². The van der Waals surface area contributed by atoms with Gasteiger partial charge in [-0.15, -0.1) is 0 Å². The molecule has 6 heteroatoms. The first-order valence-corrected chi connectivity index (χ1v) is 9.59. The van der Waals surface area contributed by atoms with Gasteiger partial charge in [-0.25, -0.2) is 9.97 Å². The third-order valence-electron chi connectivity index (χ3n) is 5.24. The first-order valence-electron chi connectivity index (χ1n) is 9.59. The van der Waals surface area contributed by atoms with Crippen molar-refractivity contribution in [2.75, 3.05) is 24.5 Å². The van der Waals surface area contributed by atoms with Crippen LogP contribution in [0.15, 0.2) is 24.3 Å². The maximum atomic E-state index is 13.1. The normalized spacial score (nSPS) is 16.6. The molecule has 1 aromatic carbocycles.